The fraction of sp³-hybridized carbons (Fsp3) is 0.263. The minimum atomic E-state index is -0.582. The topological polar surface area (TPSA) is 64.6 Å². The summed E-state index contributed by atoms with van der Waals surface area (Å²) in [7, 11) is 0. The van der Waals surface area contributed by atoms with Gasteiger partial charge in [0.1, 0.15) is 11.3 Å². The Hall–Kier alpha value is -2.82. The zero-order valence-electron chi connectivity index (χ0n) is 13.8. The summed E-state index contributed by atoms with van der Waals surface area (Å²) in [5.41, 5.74) is 1.29. The number of carbonyl (C=O) groups excluding carboxylic acids is 2. The molecule has 0 spiro atoms. The Bertz CT molecular complexity index is 685. The van der Waals surface area contributed by atoms with Gasteiger partial charge in [-0.25, -0.2) is 4.79 Å². The van der Waals surface area contributed by atoms with Gasteiger partial charge in [-0.05, 0) is 31.5 Å². The van der Waals surface area contributed by atoms with Crippen LogP contribution in [0.1, 0.15) is 35.8 Å². The normalized spacial score (nSPS) is 11.4. The third-order valence-electron chi connectivity index (χ3n) is 3.42. The highest BCUT2D eigenvalue weighted by molar-refractivity contribution is 5.94. The SMILES string of the molecule is CCOc1ccccc1C(=O)OCC(=O)NC(C)c1ccccc1. The molecule has 1 N–H and O–H groups in total. The second kappa shape index (κ2) is 8.72. The molecule has 24 heavy (non-hydrogen) atoms. The first-order valence-electron chi connectivity index (χ1n) is 7.85. The van der Waals surface area contributed by atoms with E-state index in [1.54, 1.807) is 24.3 Å². The number of carbonyl (C=O) groups is 2. The minimum Gasteiger partial charge on any atom is -0.493 e. The molecule has 5 nitrogen and oxygen atoms in total. The number of esters is 1. The molecule has 5 heteroatoms. The van der Waals surface area contributed by atoms with Crippen molar-refractivity contribution in [1.82, 2.24) is 5.32 Å². The number of hydrogen-bond donors (Lipinski definition) is 1. The average molecular weight is 327 g/mol. The van der Waals surface area contributed by atoms with Crippen LogP contribution < -0.4 is 10.1 Å². The quantitative estimate of drug-likeness (QED) is 0.794. The van der Waals surface area contributed by atoms with Crippen molar-refractivity contribution in [1.29, 1.82) is 0 Å². The van der Waals surface area contributed by atoms with Gasteiger partial charge < -0.3 is 14.8 Å². The van der Waals surface area contributed by atoms with Gasteiger partial charge in [0.25, 0.3) is 5.91 Å². The van der Waals surface area contributed by atoms with Gasteiger partial charge in [-0.2, -0.15) is 0 Å². The number of benzene rings is 2. The molecule has 0 aromatic heterocycles. The molecule has 2 aromatic rings. The van der Waals surface area contributed by atoms with Gasteiger partial charge in [-0.15, -0.1) is 0 Å². The van der Waals surface area contributed by atoms with Crippen LogP contribution in [0, 0.1) is 0 Å². The van der Waals surface area contributed by atoms with E-state index in [0.717, 1.165) is 5.56 Å². The Balaban J connectivity index is 1.89. The molecule has 1 atom stereocenters. The van der Waals surface area contributed by atoms with E-state index in [2.05, 4.69) is 5.32 Å². The third-order valence-corrected chi connectivity index (χ3v) is 3.42. The number of ether oxygens (including phenoxy) is 2. The van der Waals surface area contributed by atoms with Crippen LogP contribution >= 0.6 is 0 Å². The molecule has 0 bridgehead atoms. The molecule has 0 aliphatic carbocycles. The van der Waals surface area contributed by atoms with E-state index in [1.807, 2.05) is 44.2 Å². The monoisotopic (exact) mass is 327 g/mol. The molecule has 0 aliphatic rings. The van der Waals surface area contributed by atoms with Crippen molar-refractivity contribution in [2.75, 3.05) is 13.2 Å². The van der Waals surface area contributed by atoms with Crippen LogP contribution in [0.2, 0.25) is 0 Å². The lowest BCUT2D eigenvalue weighted by Gasteiger charge is -2.14. The van der Waals surface area contributed by atoms with Gasteiger partial charge in [0.05, 0.1) is 12.6 Å². The lowest BCUT2D eigenvalue weighted by Crippen LogP contribution is -2.31. The Morgan fingerprint density at radius 3 is 2.42 bits per heavy atom. The van der Waals surface area contributed by atoms with Gasteiger partial charge >= 0.3 is 5.97 Å². The predicted octanol–water partition coefficient (Wildman–Crippen LogP) is 3.12. The van der Waals surface area contributed by atoms with Gasteiger partial charge in [0.2, 0.25) is 0 Å². The second-order valence-corrected chi connectivity index (χ2v) is 5.21. The first kappa shape index (κ1) is 17.5. The van der Waals surface area contributed by atoms with Crippen molar-refractivity contribution in [3.63, 3.8) is 0 Å². The molecule has 2 aromatic carbocycles. The summed E-state index contributed by atoms with van der Waals surface area (Å²) in [6, 6.07) is 16.2. The Morgan fingerprint density at radius 2 is 1.71 bits per heavy atom. The van der Waals surface area contributed by atoms with Crippen LogP contribution in [0.15, 0.2) is 54.6 Å². The number of rotatable bonds is 7. The summed E-state index contributed by atoms with van der Waals surface area (Å²) in [6.07, 6.45) is 0. The maximum atomic E-state index is 12.1. The van der Waals surface area contributed by atoms with Crippen molar-refractivity contribution in [3.8, 4) is 5.75 Å². The van der Waals surface area contributed by atoms with E-state index in [0.29, 0.717) is 17.9 Å². The first-order valence-corrected chi connectivity index (χ1v) is 7.85. The maximum Gasteiger partial charge on any atom is 0.342 e. The summed E-state index contributed by atoms with van der Waals surface area (Å²) in [6.45, 7) is 3.82. The summed E-state index contributed by atoms with van der Waals surface area (Å²) >= 11 is 0. The molecule has 1 amide bonds. The molecule has 0 saturated heterocycles. The zero-order chi connectivity index (χ0) is 17.4. The fourth-order valence-corrected chi connectivity index (χ4v) is 2.23. The molecule has 0 radical (unpaired) electrons. The van der Waals surface area contributed by atoms with Crippen molar-refractivity contribution < 1.29 is 19.1 Å². The zero-order valence-corrected chi connectivity index (χ0v) is 13.8. The highest BCUT2D eigenvalue weighted by atomic mass is 16.5. The van der Waals surface area contributed by atoms with Crippen LogP contribution in [-0.2, 0) is 9.53 Å². The van der Waals surface area contributed by atoms with Gasteiger partial charge in [0.15, 0.2) is 6.61 Å². The first-order chi connectivity index (χ1) is 11.6. The van der Waals surface area contributed by atoms with Crippen LogP contribution in [0.4, 0.5) is 0 Å². The standard InChI is InChI=1S/C19H21NO4/c1-3-23-17-12-8-7-11-16(17)19(22)24-13-18(21)20-14(2)15-9-5-4-6-10-15/h4-12,14H,3,13H2,1-2H3,(H,20,21). The molecule has 2 rings (SSSR count). The molecule has 0 heterocycles. The summed E-state index contributed by atoms with van der Waals surface area (Å²) in [5.74, 6) is -0.488. The second-order valence-electron chi connectivity index (χ2n) is 5.21. The maximum absolute atomic E-state index is 12.1. The smallest absolute Gasteiger partial charge is 0.342 e. The molecular formula is C19H21NO4. The highest BCUT2D eigenvalue weighted by Gasteiger charge is 2.16. The van der Waals surface area contributed by atoms with Crippen LogP contribution in [0.5, 0.6) is 5.75 Å². The highest BCUT2D eigenvalue weighted by Crippen LogP contribution is 2.19. The van der Waals surface area contributed by atoms with Crippen molar-refractivity contribution in [2.45, 2.75) is 19.9 Å². The van der Waals surface area contributed by atoms with E-state index in [4.69, 9.17) is 9.47 Å². The number of nitrogens with one attached hydrogen (secondary N) is 1. The molecule has 1 unspecified atom stereocenters. The largest absolute Gasteiger partial charge is 0.493 e. The van der Waals surface area contributed by atoms with E-state index < -0.39 is 5.97 Å². The molecule has 126 valence electrons. The molecule has 0 aliphatic heterocycles. The summed E-state index contributed by atoms with van der Waals surface area (Å²) in [5, 5.41) is 2.80. The molecule has 0 saturated carbocycles. The molecular weight excluding hydrogens is 306 g/mol. The lowest BCUT2D eigenvalue weighted by molar-refractivity contribution is -0.124. The van der Waals surface area contributed by atoms with Crippen molar-refractivity contribution in [3.05, 3.63) is 65.7 Å². The Labute approximate surface area is 141 Å². The number of para-hydroxylation sites is 1. The van der Waals surface area contributed by atoms with Crippen LogP contribution in [0.3, 0.4) is 0 Å². The summed E-state index contributed by atoms with van der Waals surface area (Å²) in [4.78, 5) is 24.1. The molecule has 0 fully saturated rings. The summed E-state index contributed by atoms with van der Waals surface area (Å²) < 4.78 is 10.5. The van der Waals surface area contributed by atoms with Crippen molar-refractivity contribution in [2.24, 2.45) is 0 Å². The van der Waals surface area contributed by atoms with E-state index in [1.165, 1.54) is 0 Å². The van der Waals surface area contributed by atoms with Gasteiger partial charge in [-0.3, -0.25) is 4.79 Å². The average Bonchev–Trinajstić information content (AvgIpc) is 2.61. The van der Waals surface area contributed by atoms with E-state index in [9.17, 15) is 9.59 Å². The Morgan fingerprint density at radius 1 is 1.04 bits per heavy atom. The van der Waals surface area contributed by atoms with E-state index in [-0.39, 0.29) is 18.6 Å². The minimum absolute atomic E-state index is 0.159. The van der Waals surface area contributed by atoms with Gasteiger partial charge in [-0.1, -0.05) is 42.5 Å². The van der Waals surface area contributed by atoms with Crippen molar-refractivity contribution >= 4 is 11.9 Å². The predicted molar refractivity (Wildman–Crippen MR) is 90.9 cm³/mol. The van der Waals surface area contributed by atoms with Crippen LogP contribution in [0.25, 0.3) is 0 Å². The van der Waals surface area contributed by atoms with Gasteiger partial charge in [0, 0.05) is 0 Å². The number of hydrogen-bond acceptors (Lipinski definition) is 4. The Kier molecular flexibility index (Phi) is 6.37. The number of amides is 1. The fourth-order valence-electron chi connectivity index (χ4n) is 2.23. The van der Waals surface area contributed by atoms with Crippen LogP contribution in [-0.4, -0.2) is 25.1 Å². The third kappa shape index (κ3) is 4.84. The lowest BCUT2D eigenvalue weighted by atomic mass is 10.1. The van der Waals surface area contributed by atoms with E-state index >= 15 is 0 Å².